The molecule has 0 aliphatic carbocycles. The standard InChI is InChI=1S/C8H16N2O2S2/c1-2-7(8(9)13)10-5-3-4-6-14(10,11)12/h7H,2-6H2,1H3,(H2,9,13). The van der Waals surface area contributed by atoms with Crippen molar-refractivity contribution in [1.29, 1.82) is 0 Å². The molecule has 1 unspecified atom stereocenters. The van der Waals surface area contributed by atoms with Gasteiger partial charge in [-0.3, -0.25) is 0 Å². The zero-order valence-corrected chi connectivity index (χ0v) is 9.90. The number of sulfonamides is 1. The Bertz CT molecular complexity index is 313. The van der Waals surface area contributed by atoms with Crippen molar-refractivity contribution in [1.82, 2.24) is 4.31 Å². The molecule has 1 aliphatic heterocycles. The van der Waals surface area contributed by atoms with Gasteiger partial charge in [0.2, 0.25) is 10.0 Å². The topological polar surface area (TPSA) is 63.4 Å². The van der Waals surface area contributed by atoms with Gasteiger partial charge < -0.3 is 5.73 Å². The number of nitrogens with zero attached hydrogens (tertiary/aromatic N) is 1. The molecule has 0 aromatic rings. The highest BCUT2D eigenvalue weighted by Crippen LogP contribution is 2.18. The van der Waals surface area contributed by atoms with Crippen LogP contribution in [0.2, 0.25) is 0 Å². The third-order valence-electron chi connectivity index (χ3n) is 2.45. The molecule has 4 nitrogen and oxygen atoms in total. The average Bonchev–Trinajstić information content (AvgIpc) is 2.08. The lowest BCUT2D eigenvalue weighted by atomic mass is 10.2. The first kappa shape index (κ1) is 11.9. The average molecular weight is 236 g/mol. The van der Waals surface area contributed by atoms with Crippen LogP contribution >= 0.6 is 12.2 Å². The zero-order chi connectivity index (χ0) is 10.8. The molecular formula is C8H16N2O2S2. The Morgan fingerprint density at radius 3 is 2.64 bits per heavy atom. The Hall–Kier alpha value is -0.200. The number of thiocarbonyl (C=S) groups is 1. The summed E-state index contributed by atoms with van der Waals surface area (Å²) >= 11 is 4.87. The molecule has 1 aliphatic rings. The molecule has 1 heterocycles. The maximum absolute atomic E-state index is 11.7. The molecule has 0 saturated carbocycles. The summed E-state index contributed by atoms with van der Waals surface area (Å²) in [6.07, 6.45) is 2.29. The van der Waals surface area contributed by atoms with Gasteiger partial charge in [0.15, 0.2) is 0 Å². The summed E-state index contributed by atoms with van der Waals surface area (Å²) < 4.78 is 24.9. The summed E-state index contributed by atoms with van der Waals surface area (Å²) in [5, 5.41) is 0. The second kappa shape index (κ2) is 4.55. The third-order valence-corrected chi connectivity index (χ3v) is 4.68. The summed E-state index contributed by atoms with van der Waals surface area (Å²) in [5.74, 6) is 0.228. The predicted molar refractivity (Wildman–Crippen MR) is 60.6 cm³/mol. The van der Waals surface area contributed by atoms with Crippen LogP contribution in [0, 0.1) is 0 Å². The van der Waals surface area contributed by atoms with E-state index in [1.807, 2.05) is 6.92 Å². The van der Waals surface area contributed by atoms with Gasteiger partial charge in [-0.2, -0.15) is 4.31 Å². The van der Waals surface area contributed by atoms with Crippen LogP contribution in [0.4, 0.5) is 0 Å². The van der Waals surface area contributed by atoms with Gasteiger partial charge in [-0.15, -0.1) is 0 Å². The molecule has 1 rings (SSSR count). The van der Waals surface area contributed by atoms with E-state index in [0.717, 1.165) is 12.8 Å². The van der Waals surface area contributed by atoms with E-state index in [1.54, 1.807) is 0 Å². The first-order chi connectivity index (χ1) is 6.49. The molecule has 0 aromatic heterocycles. The summed E-state index contributed by atoms with van der Waals surface area (Å²) in [6.45, 7) is 2.45. The van der Waals surface area contributed by atoms with Gasteiger partial charge >= 0.3 is 0 Å². The first-order valence-corrected chi connectivity index (χ1v) is 6.79. The summed E-state index contributed by atoms with van der Waals surface area (Å²) in [4.78, 5) is 0.276. The molecule has 0 aromatic carbocycles. The monoisotopic (exact) mass is 236 g/mol. The van der Waals surface area contributed by atoms with Gasteiger partial charge in [0.25, 0.3) is 0 Å². The molecule has 0 radical (unpaired) electrons. The molecule has 0 amide bonds. The first-order valence-electron chi connectivity index (χ1n) is 4.78. The largest absolute Gasteiger partial charge is 0.392 e. The van der Waals surface area contributed by atoms with Gasteiger partial charge in [0.05, 0.1) is 16.8 Å². The Kier molecular flexibility index (Phi) is 3.86. The van der Waals surface area contributed by atoms with Crippen molar-refractivity contribution in [2.24, 2.45) is 5.73 Å². The molecular weight excluding hydrogens is 220 g/mol. The molecule has 1 atom stereocenters. The SMILES string of the molecule is CCC(C(N)=S)N1CCCCS1(=O)=O. The minimum absolute atomic E-state index is 0.228. The van der Waals surface area contributed by atoms with E-state index in [4.69, 9.17) is 18.0 Å². The van der Waals surface area contributed by atoms with Crippen LogP contribution in [0.25, 0.3) is 0 Å². The lowest BCUT2D eigenvalue weighted by Gasteiger charge is -2.32. The van der Waals surface area contributed by atoms with Crippen LogP contribution in [-0.4, -0.2) is 36.1 Å². The molecule has 6 heteroatoms. The highest BCUT2D eigenvalue weighted by Gasteiger charge is 2.32. The van der Waals surface area contributed by atoms with Gasteiger partial charge in [0.1, 0.15) is 0 Å². The van der Waals surface area contributed by atoms with Crippen LogP contribution in [0.15, 0.2) is 0 Å². The number of nitrogens with two attached hydrogens (primary N) is 1. The Labute approximate surface area is 90.5 Å². The fourth-order valence-corrected chi connectivity index (χ4v) is 3.93. The molecule has 0 bridgehead atoms. The van der Waals surface area contributed by atoms with Crippen LogP contribution < -0.4 is 5.73 Å². The van der Waals surface area contributed by atoms with E-state index in [9.17, 15) is 8.42 Å². The number of hydrogen-bond donors (Lipinski definition) is 1. The Balaban J connectivity index is 2.88. The maximum atomic E-state index is 11.7. The molecule has 1 fully saturated rings. The van der Waals surface area contributed by atoms with Crippen molar-refractivity contribution in [3.8, 4) is 0 Å². The minimum atomic E-state index is -3.11. The van der Waals surface area contributed by atoms with E-state index in [0.29, 0.717) is 13.0 Å². The predicted octanol–water partition coefficient (Wildman–Crippen LogP) is 0.477. The van der Waals surface area contributed by atoms with Crippen molar-refractivity contribution >= 4 is 27.2 Å². The molecule has 82 valence electrons. The fraction of sp³-hybridized carbons (Fsp3) is 0.875. The van der Waals surface area contributed by atoms with Crippen LogP contribution in [-0.2, 0) is 10.0 Å². The summed E-state index contributed by atoms with van der Waals surface area (Å²) in [5.41, 5.74) is 5.52. The number of rotatable bonds is 3. The van der Waals surface area contributed by atoms with Gasteiger partial charge in [-0.05, 0) is 19.3 Å². The van der Waals surface area contributed by atoms with Gasteiger partial charge in [0, 0.05) is 6.54 Å². The maximum Gasteiger partial charge on any atom is 0.214 e. The van der Waals surface area contributed by atoms with Gasteiger partial charge in [-0.1, -0.05) is 19.1 Å². The van der Waals surface area contributed by atoms with Crippen molar-refractivity contribution in [2.45, 2.75) is 32.2 Å². The Morgan fingerprint density at radius 2 is 2.21 bits per heavy atom. The van der Waals surface area contributed by atoms with Crippen LogP contribution in [0.1, 0.15) is 26.2 Å². The normalized spacial score (nSPS) is 24.4. The van der Waals surface area contributed by atoms with E-state index >= 15 is 0 Å². The molecule has 1 saturated heterocycles. The second-order valence-electron chi connectivity index (χ2n) is 3.46. The fourth-order valence-electron chi connectivity index (χ4n) is 1.70. The molecule has 14 heavy (non-hydrogen) atoms. The van der Waals surface area contributed by atoms with Crippen molar-refractivity contribution in [3.05, 3.63) is 0 Å². The minimum Gasteiger partial charge on any atom is -0.392 e. The number of hydrogen-bond acceptors (Lipinski definition) is 3. The zero-order valence-electron chi connectivity index (χ0n) is 8.27. The lowest BCUT2D eigenvalue weighted by Crippen LogP contribution is -2.49. The second-order valence-corrected chi connectivity index (χ2v) is 5.97. The Morgan fingerprint density at radius 1 is 1.57 bits per heavy atom. The van der Waals surface area contributed by atoms with Crippen molar-refractivity contribution < 1.29 is 8.42 Å². The van der Waals surface area contributed by atoms with Crippen molar-refractivity contribution in [3.63, 3.8) is 0 Å². The van der Waals surface area contributed by atoms with Crippen LogP contribution in [0.5, 0.6) is 0 Å². The summed E-state index contributed by atoms with van der Waals surface area (Å²) in [7, 11) is -3.11. The van der Waals surface area contributed by atoms with E-state index in [-0.39, 0.29) is 16.8 Å². The lowest BCUT2D eigenvalue weighted by molar-refractivity contribution is 0.347. The highest BCUT2D eigenvalue weighted by molar-refractivity contribution is 7.89. The summed E-state index contributed by atoms with van der Waals surface area (Å²) in [6, 6.07) is -0.296. The van der Waals surface area contributed by atoms with Crippen LogP contribution in [0.3, 0.4) is 0 Å². The van der Waals surface area contributed by atoms with E-state index in [2.05, 4.69) is 0 Å². The molecule has 2 N–H and O–H groups in total. The van der Waals surface area contributed by atoms with E-state index in [1.165, 1.54) is 4.31 Å². The van der Waals surface area contributed by atoms with Crippen molar-refractivity contribution in [2.75, 3.05) is 12.3 Å². The highest BCUT2D eigenvalue weighted by atomic mass is 32.2. The third kappa shape index (κ3) is 2.43. The quantitative estimate of drug-likeness (QED) is 0.724. The molecule has 0 spiro atoms. The van der Waals surface area contributed by atoms with E-state index < -0.39 is 10.0 Å². The smallest absolute Gasteiger partial charge is 0.214 e. The van der Waals surface area contributed by atoms with Gasteiger partial charge in [-0.25, -0.2) is 8.42 Å².